The summed E-state index contributed by atoms with van der Waals surface area (Å²) in [6.07, 6.45) is 4.72. The van der Waals surface area contributed by atoms with E-state index in [1.165, 1.54) is 5.56 Å². The summed E-state index contributed by atoms with van der Waals surface area (Å²) in [5, 5.41) is 14.9. The van der Waals surface area contributed by atoms with E-state index in [4.69, 9.17) is 0 Å². The van der Waals surface area contributed by atoms with E-state index in [1.54, 1.807) is 0 Å². The Morgan fingerprint density at radius 3 is 2.92 bits per heavy atom. The van der Waals surface area contributed by atoms with E-state index in [0.29, 0.717) is 6.54 Å². The summed E-state index contributed by atoms with van der Waals surface area (Å²) in [4.78, 5) is 12.7. The zero-order valence-electron chi connectivity index (χ0n) is 15.1. The Balaban J connectivity index is 1.51. The smallest absolute Gasteiger partial charge is 0.229 e. The lowest BCUT2D eigenvalue weighted by molar-refractivity contribution is -0.123. The number of amides is 1. The molecule has 134 valence electrons. The Morgan fingerprint density at radius 2 is 2.12 bits per heavy atom. The van der Waals surface area contributed by atoms with Crippen LogP contribution in [0.1, 0.15) is 47.0 Å². The number of aromatic amines is 1. The number of carbonyl (C=O) groups excluding carboxylic acids is 1. The number of nitrogens with zero attached hydrogens (tertiary/aromatic N) is 3. The molecule has 1 unspecified atom stereocenters. The number of hydrogen-bond donors (Lipinski definition) is 2. The van der Waals surface area contributed by atoms with Crippen molar-refractivity contribution in [2.45, 2.75) is 45.6 Å². The van der Waals surface area contributed by atoms with Crippen LogP contribution < -0.4 is 5.32 Å². The topological polar surface area (TPSA) is 75.6 Å². The molecule has 0 saturated carbocycles. The summed E-state index contributed by atoms with van der Waals surface area (Å²) in [5.74, 6) is -0.0764. The van der Waals surface area contributed by atoms with Crippen molar-refractivity contribution in [3.8, 4) is 5.69 Å². The fourth-order valence-corrected chi connectivity index (χ4v) is 3.78. The van der Waals surface area contributed by atoms with E-state index < -0.39 is 0 Å². The van der Waals surface area contributed by atoms with Crippen molar-refractivity contribution in [2.75, 3.05) is 0 Å². The van der Waals surface area contributed by atoms with Crippen molar-refractivity contribution in [3.05, 3.63) is 64.7 Å². The van der Waals surface area contributed by atoms with Crippen molar-refractivity contribution < 1.29 is 4.79 Å². The molecule has 6 heteroatoms. The number of para-hydroxylation sites is 1. The largest absolute Gasteiger partial charge is 0.351 e. The van der Waals surface area contributed by atoms with Gasteiger partial charge in [-0.1, -0.05) is 18.2 Å². The zero-order valence-corrected chi connectivity index (χ0v) is 15.1. The molecule has 4 rings (SSSR count). The van der Waals surface area contributed by atoms with E-state index in [1.807, 2.05) is 55.1 Å². The van der Waals surface area contributed by atoms with Crippen LogP contribution in [0.3, 0.4) is 0 Å². The molecule has 3 aromatic rings. The molecule has 2 heterocycles. The summed E-state index contributed by atoms with van der Waals surface area (Å²) in [6, 6.07) is 10.0. The Kier molecular flexibility index (Phi) is 4.32. The van der Waals surface area contributed by atoms with Gasteiger partial charge in [0.1, 0.15) is 0 Å². The normalized spacial score (nSPS) is 16.3. The highest BCUT2D eigenvalue weighted by atomic mass is 16.1. The van der Waals surface area contributed by atoms with Gasteiger partial charge in [-0.2, -0.15) is 10.2 Å². The van der Waals surface area contributed by atoms with Gasteiger partial charge in [-0.05, 0) is 50.8 Å². The Morgan fingerprint density at radius 1 is 1.31 bits per heavy atom. The third kappa shape index (κ3) is 2.92. The van der Waals surface area contributed by atoms with Gasteiger partial charge in [-0.15, -0.1) is 0 Å². The number of nitrogens with one attached hydrogen (secondary N) is 2. The summed E-state index contributed by atoms with van der Waals surface area (Å²) in [7, 11) is 0. The van der Waals surface area contributed by atoms with Gasteiger partial charge in [0.05, 0.1) is 29.2 Å². The summed E-state index contributed by atoms with van der Waals surface area (Å²) < 4.78 is 1.93. The first-order valence-electron chi connectivity index (χ1n) is 9.05. The second-order valence-electron chi connectivity index (χ2n) is 6.87. The lowest BCUT2D eigenvalue weighted by Crippen LogP contribution is -2.31. The SMILES string of the molecule is Cc1nn(-c2ccccc2)c(C)c1CNC(=O)C1CCCc2cn[nH]c21. The number of rotatable bonds is 4. The first-order chi connectivity index (χ1) is 12.6. The van der Waals surface area contributed by atoms with Gasteiger partial charge in [0.25, 0.3) is 0 Å². The molecule has 0 bridgehead atoms. The average molecular weight is 349 g/mol. The molecular weight excluding hydrogens is 326 g/mol. The highest BCUT2D eigenvalue weighted by molar-refractivity contribution is 5.83. The van der Waals surface area contributed by atoms with Gasteiger partial charge in [-0.3, -0.25) is 9.89 Å². The number of carbonyl (C=O) groups is 1. The minimum Gasteiger partial charge on any atom is -0.351 e. The maximum absolute atomic E-state index is 12.7. The standard InChI is InChI=1S/C20H23N5O/c1-13-18(14(2)25(24-13)16-8-4-3-5-9-16)12-21-20(26)17-10-6-7-15-11-22-23-19(15)17/h3-5,8-9,11,17H,6-7,10,12H2,1-2H3,(H,21,26)(H,22,23). The van der Waals surface area contributed by atoms with Crippen LogP contribution in [0.2, 0.25) is 0 Å². The second-order valence-corrected chi connectivity index (χ2v) is 6.87. The lowest BCUT2D eigenvalue weighted by Gasteiger charge is -2.21. The van der Waals surface area contributed by atoms with Crippen molar-refractivity contribution >= 4 is 5.91 Å². The van der Waals surface area contributed by atoms with Gasteiger partial charge < -0.3 is 5.32 Å². The van der Waals surface area contributed by atoms with E-state index in [9.17, 15) is 4.79 Å². The van der Waals surface area contributed by atoms with E-state index in [2.05, 4.69) is 20.6 Å². The molecule has 0 aliphatic heterocycles. The van der Waals surface area contributed by atoms with Crippen LogP contribution in [0.5, 0.6) is 0 Å². The van der Waals surface area contributed by atoms with Gasteiger partial charge in [0, 0.05) is 17.8 Å². The molecule has 1 atom stereocenters. The molecule has 1 aromatic carbocycles. The van der Waals surface area contributed by atoms with Crippen LogP contribution in [0, 0.1) is 13.8 Å². The monoisotopic (exact) mass is 349 g/mol. The molecule has 0 saturated heterocycles. The molecule has 1 aliphatic rings. The molecule has 1 amide bonds. The van der Waals surface area contributed by atoms with E-state index in [-0.39, 0.29) is 11.8 Å². The van der Waals surface area contributed by atoms with Crippen LogP contribution in [-0.2, 0) is 17.8 Å². The molecule has 0 radical (unpaired) electrons. The average Bonchev–Trinajstić information content (AvgIpc) is 3.25. The number of hydrogen-bond acceptors (Lipinski definition) is 3. The van der Waals surface area contributed by atoms with Crippen molar-refractivity contribution in [1.29, 1.82) is 0 Å². The van der Waals surface area contributed by atoms with Crippen LogP contribution in [0.4, 0.5) is 0 Å². The minimum absolute atomic E-state index is 0.0569. The van der Waals surface area contributed by atoms with Crippen LogP contribution in [-0.4, -0.2) is 25.9 Å². The highest BCUT2D eigenvalue weighted by Gasteiger charge is 2.28. The number of H-pyrrole nitrogens is 1. The molecular formula is C20H23N5O. The summed E-state index contributed by atoms with van der Waals surface area (Å²) in [5.41, 5.74) is 6.24. The predicted octanol–water partition coefficient (Wildman–Crippen LogP) is 2.95. The predicted molar refractivity (Wildman–Crippen MR) is 99.2 cm³/mol. The molecule has 0 spiro atoms. The first-order valence-corrected chi connectivity index (χ1v) is 9.05. The van der Waals surface area contributed by atoms with Crippen LogP contribution >= 0.6 is 0 Å². The molecule has 0 fully saturated rings. The Bertz CT molecular complexity index is 925. The number of aromatic nitrogens is 4. The summed E-state index contributed by atoms with van der Waals surface area (Å²) in [6.45, 7) is 4.52. The molecule has 2 aromatic heterocycles. The highest BCUT2D eigenvalue weighted by Crippen LogP contribution is 2.30. The van der Waals surface area contributed by atoms with E-state index >= 15 is 0 Å². The quantitative estimate of drug-likeness (QED) is 0.760. The maximum atomic E-state index is 12.7. The van der Waals surface area contributed by atoms with Crippen LogP contribution in [0.25, 0.3) is 5.69 Å². The number of benzene rings is 1. The molecule has 1 aliphatic carbocycles. The van der Waals surface area contributed by atoms with Gasteiger partial charge in [0.2, 0.25) is 5.91 Å². The fraction of sp³-hybridized carbons (Fsp3) is 0.350. The maximum Gasteiger partial charge on any atom is 0.229 e. The Hall–Kier alpha value is -2.89. The van der Waals surface area contributed by atoms with Crippen molar-refractivity contribution in [2.24, 2.45) is 0 Å². The van der Waals surface area contributed by atoms with Crippen molar-refractivity contribution in [1.82, 2.24) is 25.3 Å². The van der Waals surface area contributed by atoms with Gasteiger partial charge in [-0.25, -0.2) is 4.68 Å². The number of fused-ring (bicyclic) bond motifs is 1. The zero-order chi connectivity index (χ0) is 18.1. The minimum atomic E-state index is -0.133. The molecule has 6 nitrogen and oxygen atoms in total. The van der Waals surface area contributed by atoms with Gasteiger partial charge in [0.15, 0.2) is 0 Å². The van der Waals surface area contributed by atoms with Crippen molar-refractivity contribution in [3.63, 3.8) is 0 Å². The second kappa shape index (κ2) is 6.78. The summed E-state index contributed by atoms with van der Waals surface area (Å²) >= 11 is 0. The number of aryl methyl sites for hydroxylation is 2. The molecule has 2 N–H and O–H groups in total. The van der Waals surface area contributed by atoms with Crippen LogP contribution in [0.15, 0.2) is 36.5 Å². The third-order valence-corrected chi connectivity index (χ3v) is 5.24. The fourth-order valence-electron chi connectivity index (χ4n) is 3.78. The Labute approximate surface area is 152 Å². The van der Waals surface area contributed by atoms with E-state index in [0.717, 1.165) is 47.6 Å². The first kappa shape index (κ1) is 16.6. The third-order valence-electron chi connectivity index (χ3n) is 5.24. The van der Waals surface area contributed by atoms with Gasteiger partial charge >= 0.3 is 0 Å². The molecule has 26 heavy (non-hydrogen) atoms. The lowest BCUT2D eigenvalue weighted by atomic mass is 9.87.